The third kappa shape index (κ3) is 4.49. The Kier molecular flexibility index (Phi) is 6.23. The Hall–Kier alpha value is -2.04. The van der Waals surface area contributed by atoms with Crippen LogP contribution in [0.1, 0.15) is 66.5 Å². The number of carbonyl (C=O) groups is 2. The number of allylic oxidation sites excluding steroid dienone is 1. The lowest BCUT2D eigenvalue weighted by Gasteiger charge is -2.15. The maximum absolute atomic E-state index is 12.3. The molecule has 1 aliphatic rings. The van der Waals surface area contributed by atoms with Crippen LogP contribution in [0.15, 0.2) is 16.1 Å². The van der Waals surface area contributed by atoms with Crippen LogP contribution in [0.5, 0.6) is 0 Å². The van der Waals surface area contributed by atoms with E-state index in [4.69, 9.17) is 9.15 Å². The fourth-order valence-electron chi connectivity index (χ4n) is 2.99. The zero-order valence-electron chi connectivity index (χ0n) is 15.0. The van der Waals surface area contributed by atoms with Crippen molar-refractivity contribution in [3.63, 3.8) is 0 Å². The van der Waals surface area contributed by atoms with Crippen molar-refractivity contribution in [3.05, 3.63) is 34.3 Å². The smallest absolute Gasteiger partial charge is 0.342 e. The van der Waals surface area contributed by atoms with E-state index in [1.807, 2.05) is 6.92 Å². The molecular formula is C19H27NO4. The van der Waals surface area contributed by atoms with E-state index in [-0.39, 0.29) is 5.91 Å². The largest absolute Gasteiger partial charge is 0.465 e. The van der Waals surface area contributed by atoms with Gasteiger partial charge >= 0.3 is 5.97 Å². The van der Waals surface area contributed by atoms with E-state index in [2.05, 4.69) is 11.4 Å². The van der Waals surface area contributed by atoms with Gasteiger partial charge in [-0.05, 0) is 59.8 Å². The normalized spacial score (nSPS) is 15.6. The minimum Gasteiger partial charge on any atom is -0.465 e. The SMILES string of the molecule is Cc1oc(C)c(C(=O)OC(C)C(=O)NCCC2=CCCCC2)c1C. The third-order valence-electron chi connectivity index (χ3n) is 4.55. The first-order valence-corrected chi connectivity index (χ1v) is 8.63. The number of rotatable bonds is 6. The molecule has 0 saturated heterocycles. The molecule has 132 valence electrons. The van der Waals surface area contributed by atoms with E-state index in [9.17, 15) is 9.59 Å². The second kappa shape index (κ2) is 8.18. The lowest BCUT2D eigenvalue weighted by Crippen LogP contribution is -2.36. The van der Waals surface area contributed by atoms with E-state index in [1.165, 1.54) is 18.4 Å². The van der Waals surface area contributed by atoms with Gasteiger partial charge in [-0.1, -0.05) is 11.6 Å². The van der Waals surface area contributed by atoms with Crippen LogP contribution < -0.4 is 5.32 Å². The van der Waals surface area contributed by atoms with Crippen molar-refractivity contribution in [2.24, 2.45) is 0 Å². The van der Waals surface area contributed by atoms with Gasteiger partial charge in [-0.3, -0.25) is 4.79 Å². The molecular weight excluding hydrogens is 306 g/mol. The molecule has 1 N–H and O–H groups in total. The van der Waals surface area contributed by atoms with E-state index < -0.39 is 12.1 Å². The summed E-state index contributed by atoms with van der Waals surface area (Å²) < 4.78 is 10.7. The molecule has 0 radical (unpaired) electrons. The van der Waals surface area contributed by atoms with Crippen LogP contribution in [-0.4, -0.2) is 24.5 Å². The minimum absolute atomic E-state index is 0.268. The first kappa shape index (κ1) is 18.3. The maximum Gasteiger partial charge on any atom is 0.342 e. The average molecular weight is 333 g/mol. The Morgan fingerprint density at radius 1 is 1.25 bits per heavy atom. The Morgan fingerprint density at radius 3 is 2.58 bits per heavy atom. The summed E-state index contributed by atoms with van der Waals surface area (Å²) in [5.41, 5.74) is 2.58. The van der Waals surface area contributed by atoms with Crippen LogP contribution in [0.25, 0.3) is 0 Å². The second-order valence-electron chi connectivity index (χ2n) is 6.41. The van der Waals surface area contributed by atoms with Gasteiger partial charge in [-0.25, -0.2) is 4.79 Å². The molecule has 1 aliphatic carbocycles. The molecule has 1 aromatic rings. The Morgan fingerprint density at radius 2 is 2.00 bits per heavy atom. The van der Waals surface area contributed by atoms with Gasteiger partial charge < -0.3 is 14.5 Å². The number of hydrogen-bond acceptors (Lipinski definition) is 4. The van der Waals surface area contributed by atoms with Gasteiger partial charge in [0.1, 0.15) is 17.1 Å². The third-order valence-corrected chi connectivity index (χ3v) is 4.55. The number of aryl methyl sites for hydroxylation is 2. The molecule has 5 nitrogen and oxygen atoms in total. The van der Waals surface area contributed by atoms with Crippen LogP contribution in [0.3, 0.4) is 0 Å². The fraction of sp³-hybridized carbons (Fsp3) is 0.579. The summed E-state index contributed by atoms with van der Waals surface area (Å²) in [5, 5.41) is 2.84. The quantitative estimate of drug-likeness (QED) is 0.636. The summed E-state index contributed by atoms with van der Waals surface area (Å²) in [6.07, 6.45) is 7.06. The predicted octanol–water partition coefficient (Wildman–Crippen LogP) is 3.76. The first-order valence-electron chi connectivity index (χ1n) is 8.63. The zero-order valence-corrected chi connectivity index (χ0v) is 15.0. The molecule has 0 spiro atoms. The first-order chi connectivity index (χ1) is 11.4. The summed E-state index contributed by atoms with van der Waals surface area (Å²) in [4.78, 5) is 24.4. The van der Waals surface area contributed by atoms with Crippen molar-refractivity contribution in [1.29, 1.82) is 0 Å². The summed E-state index contributed by atoms with van der Waals surface area (Å²) in [5.74, 6) is 0.430. The molecule has 2 rings (SSSR count). The van der Waals surface area contributed by atoms with Crippen LogP contribution in [0.2, 0.25) is 0 Å². The summed E-state index contributed by atoms with van der Waals surface area (Å²) >= 11 is 0. The van der Waals surface area contributed by atoms with Gasteiger partial charge in [0.15, 0.2) is 6.10 Å². The number of carbonyl (C=O) groups excluding carboxylic acids is 2. The molecule has 0 fully saturated rings. The molecule has 1 atom stereocenters. The van der Waals surface area contributed by atoms with E-state index in [1.54, 1.807) is 20.8 Å². The number of amides is 1. The lowest BCUT2D eigenvalue weighted by molar-refractivity contribution is -0.129. The lowest BCUT2D eigenvalue weighted by atomic mass is 9.97. The van der Waals surface area contributed by atoms with Crippen molar-refractivity contribution in [2.75, 3.05) is 6.54 Å². The number of furan rings is 1. The molecule has 1 amide bonds. The van der Waals surface area contributed by atoms with Crippen molar-refractivity contribution in [2.45, 2.75) is 65.9 Å². The molecule has 0 bridgehead atoms. The minimum atomic E-state index is -0.827. The van der Waals surface area contributed by atoms with Crippen LogP contribution >= 0.6 is 0 Å². The highest BCUT2D eigenvalue weighted by Gasteiger charge is 2.24. The molecule has 1 heterocycles. The van der Waals surface area contributed by atoms with Gasteiger partial charge in [0, 0.05) is 12.1 Å². The highest BCUT2D eigenvalue weighted by Crippen LogP contribution is 2.22. The van der Waals surface area contributed by atoms with Crippen LogP contribution in [-0.2, 0) is 9.53 Å². The highest BCUT2D eigenvalue weighted by atomic mass is 16.5. The zero-order chi connectivity index (χ0) is 17.7. The standard InChI is InChI=1S/C19H27NO4/c1-12-13(2)23-14(3)17(12)19(22)24-15(4)18(21)20-11-10-16-8-6-5-7-9-16/h8,15H,5-7,9-11H2,1-4H3,(H,20,21). The number of esters is 1. The predicted molar refractivity (Wildman–Crippen MR) is 92.0 cm³/mol. The Labute approximate surface area is 143 Å². The van der Waals surface area contributed by atoms with E-state index >= 15 is 0 Å². The molecule has 24 heavy (non-hydrogen) atoms. The Bertz CT molecular complexity index is 642. The van der Waals surface area contributed by atoms with Crippen molar-refractivity contribution < 1.29 is 18.7 Å². The van der Waals surface area contributed by atoms with E-state index in [0.29, 0.717) is 23.6 Å². The summed E-state index contributed by atoms with van der Waals surface area (Å²) in [7, 11) is 0. The molecule has 1 aromatic heterocycles. The monoisotopic (exact) mass is 333 g/mol. The number of ether oxygens (including phenoxy) is 1. The van der Waals surface area contributed by atoms with Crippen molar-refractivity contribution in [1.82, 2.24) is 5.32 Å². The highest BCUT2D eigenvalue weighted by molar-refractivity contribution is 5.94. The average Bonchev–Trinajstić information content (AvgIpc) is 2.80. The van der Waals surface area contributed by atoms with Gasteiger partial charge in [0.25, 0.3) is 5.91 Å². The van der Waals surface area contributed by atoms with Gasteiger partial charge in [-0.15, -0.1) is 0 Å². The van der Waals surface area contributed by atoms with Gasteiger partial charge in [0.05, 0.1) is 0 Å². The van der Waals surface area contributed by atoms with Crippen LogP contribution in [0, 0.1) is 20.8 Å². The maximum atomic E-state index is 12.3. The second-order valence-corrected chi connectivity index (χ2v) is 6.41. The molecule has 0 aliphatic heterocycles. The molecule has 5 heteroatoms. The van der Waals surface area contributed by atoms with E-state index in [0.717, 1.165) is 24.8 Å². The Balaban J connectivity index is 1.82. The topological polar surface area (TPSA) is 68.5 Å². The van der Waals surface area contributed by atoms with Crippen molar-refractivity contribution in [3.8, 4) is 0 Å². The summed E-state index contributed by atoms with van der Waals surface area (Å²) in [6, 6.07) is 0. The fourth-order valence-corrected chi connectivity index (χ4v) is 2.99. The summed E-state index contributed by atoms with van der Waals surface area (Å²) in [6.45, 7) is 7.50. The number of nitrogens with one attached hydrogen (secondary N) is 1. The van der Waals surface area contributed by atoms with Crippen molar-refractivity contribution >= 4 is 11.9 Å². The molecule has 0 aromatic carbocycles. The van der Waals surface area contributed by atoms with Gasteiger partial charge in [0.2, 0.25) is 0 Å². The molecule has 1 unspecified atom stereocenters. The molecule has 0 saturated carbocycles. The van der Waals surface area contributed by atoms with Crippen LogP contribution in [0.4, 0.5) is 0 Å². The van der Waals surface area contributed by atoms with Gasteiger partial charge in [-0.2, -0.15) is 0 Å². The number of hydrogen-bond donors (Lipinski definition) is 1.